The average Bonchev–Trinajstić information content (AvgIpc) is 2.35. The summed E-state index contributed by atoms with van der Waals surface area (Å²) in [5.41, 5.74) is 1.14. The molecule has 1 unspecified atom stereocenters. The van der Waals surface area contributed by atoms with Crippen LogP contribution in [0.5, 0.6) is 0 Å². The Bertz CT molecular complexity index is 332. The van der Waals surface area contributed by atoms with Crippen molar-refractivity contribution < 1.29 is 9.53 Å². The van der Waals surface area contributed by atoms with Crippen LogP contribution in [0.3, 0.4) is 0 Å². The van der Waals surface area contributed by atoms with Crippen LogP contribution < -0.4 is 5.32 Å². The third-order valence-electron chi connectivity index (χ3n) is 2.27. The number of pyridine rings is 1. The predicted octanol–water partition coefficient (Wildman–Crippen LogP) is 1.67. The van der Waals surface area contributed by atoms with Gasteiger partial charge in [0.25, 0.3) is 0 Å². The van der Waals surface area contributed by atoms with E-state index in [-0.39, 0.29) is 16.8 Å². The number of hydrogen-bond acceptors (Lipinski definition) is 4. The van der Waals surface area contributed by atoms with E-state index in [1.165, 1.54) is 7.11 Å². The second-order valence-electron chi connectivity index (χ2n) is 3.40. The second-order valence-corrected chi connectivity index (χ2v) is 4.51. The number of aromatic nitrogens is 1. The van der Waals surface area contributed by atoms with Crippen molar-refractivity contribution in [2.75, 3.05) is 13.7 Å². The molecule has 0 spiro atoms. The molecule has 1 aromatic rings. The number of ether oxygens (including phenoxy) is 1. The average molecular weight is 287 g/mol. The number of carbonyl (C=O) groups excluding carboxylic acids is 1. The van der Waals surface area contributed by atoms with Gasteiger partial charge < -0.3 is 10.1 Å². The van der Waals surface area contributed by atoms with Crippen LogP contribution in [0, 0.1) is 0 Å². The Morgan fingerprint density at radius 1 is 1.56 bits per heavy atom. The van der Waals surface area contributed by atoms with Gasteiger partial charge in [-0.25, -0.2) is 0 Å². The summed E-state index contributed by atoms with van der Waals surface area (Å²) < 4.78 is 4.61. The van der Waals surface area contributed by atoms with Crippen molar-refractivity contribution >= 4 is 21.9 Å². The molecule has 5 heteroatoms. The van der Waals surface area contributed by atoms with Crippen LogP contribution in [0.1, 0.15) is 18.5 Å². The van der Waals surface area contributed by atoms with Crippen molar-refractivity contribution in [2.24, 2.45) is 0 Å². The number of nitrogens with one attached hydrogen (secondary N) is 1. The highest BCUT2D eigenvalue weighted by Gasteiger charge is 2.16. The molecule has 1 heterocycles. The second kappa shape index (κ2) is 6.60. The van der Waals surface area contributed by atoms with Crippen molar-refractivity contribution in [3.8, 4) is 0 Å². The first kappa shape index (κ1) is 13.1. The number of rotatable bonds is 5. The lowest BCUT2D eigenvalue weighted by atomic mass is 10.1. The Morgan fingerprint density at radius 2 is 2.19 bits per heavy atom. The molecule has 16 heavy (non-hydrogen) atoms. The number of hydrogen-bond donors (Lipinski definition) is 1. The first-order valence-electron chi connectivity index (χ1n) is 5.00. The minimum absolute atomic E-state index is 0.174. The van der Waals surface area contributed by atoms with Crippen molar-refractivity contribution in [1.82, 2.24) is 10.3 Å². The fourth-order valence-electron chi connectivity index (χ4n) is 1.26. The minimum Gasteiger partial charge on any atom is -0.468 e. The maximum absolute atomic E-state index is 11.1. The van der Waals surface area contributed by atoms with Crippen molar-refractivity contribution in [2.45, 2.75) is 17.8 Å². The first-order chi connectivity index (χ1) is 7.65. The van der Waals surface area contributed by atoms with Gasteiger partial charge in [-0.1, -0.05) is 15.9 Å². The van der Waals surface area contributed by atoms with E-state index in [1.54, 1.807) is 12.4 Å². The Kier molecular flexibility index (Phi) is 5.42. The van der Waals surface area contributed by atoms with E-state index < -0.39 is 0 Å². The van der Waals surface area contributed by atoms with Gasteiger partial charge in [0.2, 0.25) is 0 Å². The van der Waals surface area contributed by atoms with Crippen LogP contribution >= 0.6 is 15.9 Å². The lowest BCUT2D eigenvalue weighted by Gasteiger charge is -2.15. The van der Waals surface area contributed by atoms with Gasteiger partial charge in [0, 0.05) is 25.0 Å². The third kappa shape index (κ3) is 3.90. The van der Waals surface area contributed by atoms with Gasteiger partial charge in [0.05, 0.1) is 7.11 Å². The number of halogens is 1. The summed E-state index contributed by atoms with van der Waals surface area (Å²) in [6.07, 6.45) is 3.50. The molecule has 4 nitrogen and oxygen atoms in total. The molecule has 0 saturated carbocycles. The van der Waals surface area contributed by atoms with Gasteiger partial charge >= 0.3 is 5.97 Å². The van der Waals surface area contributed by atoms with E-state index in [4.69, 9.17) is 0 Å². The minimum atomic E-state index is -0.318. The molecule has 0 radical (unpaired) electrons. The van der Waals surface area contributed by atoms with Gasteiger partial charge in [-0.05, 0) is 24.6 Å². The van der Waals surface area contributed by atoms with Crippen molar-refractivity contribution in [3.05, 3.63) is 30.1 Å². The summed E-state index contributed by atoms with van der Waals surface area (Å²) in [5, 5.41) is 3.24. The standard InChI is InChI=1S/C11H15BrN2O2/c1-8(9-3-5-13-6-4-9)14-7-10(12)11(15)16-2/h3-6,8,10,14H,7H2,1-2H3/t8-,10?/m0/s1. The zero-order valence-electron chi connectivity index (χ0n) is 9.31. The van der Waals surface area contributed by atoms with Crippen LogP contribution in [-0.4, -0.2) is 29.4 Å². The first-order valence-corrected chi connectivity index (χ1v) is 5.92. The number of carbonyl (C=O) groups is 1. The Balaban J connectivity index is 2.41. The molecule has 0 bridgehead atoms. The van der Waals surface area contributed by atoms with Crippen molar-refractivity contribution in [3.63, 3.8) is 0 Å². The van der Waals surface area contributed by atoms with Crippen LogP contribution in [0.15, 0.2) is 24.5 Å². The molecule has 0 saturated heterocycles. The molecule has 88 valence electrons. The Labute approximate surface area is 104 Å². The van der Waals surface area contributed by atoms with E-state index in [1.807, 2.05) is 19.1 Å². The Morgan fingerprint density at radius 3 is 2.75 bits per heavy atom. The summed E-state index contributed by atoms with van der Waals surface area (Å²) in [6.45, 7) is 2.56. The van der Waals surface area contributed by atoms with Crippen LogP contribution in [0.4, 0.5) is 0 Å². The number of nitrogens with zero attached hydrogens (tertiary/aromatic N) is 1. The highest BCUT2D eigenvalue weighted by molar-refractivity contribution is 9.10. The van der Waals surface area contributed by atoms with E-state index in [9.17, 15) is 4.79 Å². The molecule has 0 fully saturated rings. The zero-order chi connectivity index (χ0) is 12.0. The maximum Gasteiger partial charge on any atom is 0.320 e. The summed E-state index contributed by atoms with van der Waals surface area (Å²) in [6, 6.07) is 4.06. The molecule has 2 atom stereocenters. The number of methoxy groups -OCH3 is 1. The molecule has 0 aliphatic carbocycles. The maximum atomic E-state index is 11.1. The lowest BCUT2D eigenvalue weighted by Crippen LogP contribution is -2.31. The third-order valence-corrected chi connectivity index (χ3v) is 2.96. The highest BCUT2D eigenvalue weighted by Crippen LogP contribution is 2.11. The van der Waals surface area contributed by atoms with Gasteiger partial charge in [-0.15, -0.1) is 0 Å². The zero-order valence-corrected chi connectivity index (χ0v) is 10.9. The van der Waals surface area contributed by atoms with E-state index >= 15 is 0 Å². The molecule has 1 aromatic heterocycles. The lowest BCUT2D eigenvalue weighted by molar-refractivity contribution is -0.139. The van der Waals surface area contributed by atoms with Crippen LogP contribution in [-0.2, 0) is 9.53 Å². The smallest absolute Gasteiger partial charge is 0.320 e. The van der Waals surface area contributed by atoms with Crippen LogP contribution in [0.2, 0.25) is 0 Å². The summed E-state index contributed by atoms with van der Waals surface area (Å²) >= 11 is 3.26. The molecule has 0 aliphatic rings. The molecule has 0 aliphatic heterocycles. The fraction of sp³-hybridized carbons (Fsp3) is 0.455. The molecule has 1 N–H and O–H groups in total. The molecule has 1 rings (SSSR count). The molecule has 0 amide bonds. The monoisotopic (exact) mass is 286 g/mol. The van der Waals surface area contributed by atoms with Gasteiger partial charge in [-0.2, -0.15) is 0 Å². The number of alkyl halides is 1. The van der Waals surface area contributed by atoms with Gasteiger partial charge in [-0.3, -0.25) is 9.78 Å². The van der Waals surface area contributed by atoms with Gasteiger partial charge in [0.15, 0.2) is 0 Å². The predicted molar refractivity (Wildman–Crippen MR) is 65.4 cm³/mol. The fourth-order valence-corrected chi connectivity index (χ4v) is 1.64. The van der Waals surface area contributed by atoms with Gasteiger partial charge in [0.1, 0.15) is 4.83 Å². The SMILES string of the molecule is COC(=O)C(Br)CN[C@@H](C)c1ccncc1. The van der Waals surface area contributed by atoms with E-state index in [2.05, 4.69) is 31.0 Å². The van der Waals surface area contributed by atoms with Crippen LogP contribution in [0.25, 0.3) is 0 Å². The summed E-state index contributed by atoms with van der Waals surface area (Å²) in [7, 11) is 1.38. The largest absolute Gasteiger partial charge is 0.468 e. The normalized spacial score (nSPS) is 14.2. The van der Waals surface area contributed by atoms with Crippen molar-refractivity contribution in [1.29, 1.82) is 0 Å². The van der Waals surface area contributed by atoms with E-state index in [0.717, 1.165) is 5.56 Å². The van der Waals surface area contributed by atoms with E-state index in [0.29, 0.717) is 6.54 Å². The molecule has 0 aromatic carbocycles. The summed E-state index contributed by atoms with van der Waals surface area (Å²) in [5.74, 6) is -0.269. The Hall–Kier alpha value is -0.940. The number of esters is 1. The molecular weight excluding hydrogens is 272 g/mol. The summed E-state index contributed by atoms with van der Waals surface area (Å²) in [4.78, 5) is 14.8. The molecular formula is C11H15BrN2O2. The quantitative estimate of drug-likeness (QED) is 0.661. The highest BCUT2D eigenvalue weighted by atomic mass is 79.9. The topological polar surface area (TPSA) is 51.2 Å².